The fraction of sp³-hybridized carbons (Fsp3) is 0.176. The number of rotatable bonds is 4. The van der Waals surface area contributed by atoms with Gasteiger partial charge in [-0.3, -0.25) is 0 Å². The minimum atomic E-state index is 0.675. The lowest BCUT2D eigenvalue weighted by Crippen LogP contribution is -1.96. The Morgan fingerprint density at radius 2 is 1.68 bits per heavy atom. The van der Waals surface area contributed by atoms with Crippen LogP contribution in [0.15, 0.2) is 54.6 Å². The number of aromatic amines is 1. The van der Waals surface area contributed by atoms with Gasteiger partial charge >= 0.3 is 0 Å². The molecule has 0 unspecified atom stereocenters. The van der Waals surface area contributed by atoms with Crippen molar-refractivity contribution in [3.8, 4) is 5.88 Å². The summed E-state index contributed by atoms with van der Waals surface area (Å²) in [7, 11) is 0. The molecular formula is C17H17NO. The first-order chi connectivity index (χ1) is 9.38. The zero-order valence-electron chi connectivity index (χ0n) is 11.0. The van der Waals surface area contributed by atoms with E-state index >= 15 is 0 Å². The Balaban J connectivity index is 2.07. The van der Waals surface area contributed by atoms with Gasteiger partial charge in [0.05, 0.1) is 6.61 Å². The van der Waals surface area contributed by atoms with Gasteiger partial charge < -0.3 is 9.72 Å². The van der Waals surface area contributed by atoms with Crippen molar-refractivity contribution in [2.75, 3.05) is 6.61 Å². The van der Waals surface area contributed by atoms with Crippen LogP contribution in [0.4, 0.5) is 0 Å². The fourth-order valence-corrected chi connectivity index (χ4v) is 2.42. The molecule has 1 N–H and O–H groups in total. The van der Waals surface area contributed by atoms with Gasteiger partial charge in [0.2, 0.25) is 0 Å². The summed E-state index contributed by atoms with van der Waals surface area (Å²) in [6.45, 7) is 2.69. The Morgan fingerprint density at radius 1 is 0.947 bits per heavy atom. The SMILES string of the molecule is CCOc1[nH]c2ccccc2c1Cc1ccccc1. The highest BCUT2D eigenvalue weighted by molar-refractivity contribution is 5.86. The maximum Gasteiger partial charge on any atom is 0.195 e. The Kier molecular flexibility index (Phi) is 3.23. The van der Waals surface area contributed by atoms with Crippen molar-refractivity contribution in [3.05, 3.63) is 65.7 Å². The van der Waals surface area contributed by atoms with Crippen molar-refractivity contribution in [2.45, 2.75) is 13.3 Å². The van der Waals surface area contributed by atoms with Gasteiger partial charge in [-0.1, -0.05) is 48.5 Å². The van der Waals surface area contributed by atoms with Crippen LogP contribution in [0.5, 0.6) is 5.88 Å². The third-order valence-corrected chi connectivity index (χ3v) is 3.29. The monoisotopic (exact) mass is 251 g/mol. The van der Waals surface area contributed by atoms with Crippen molar-refractivity contribution >= 4 is 10.9 Å². The van der Waals surface area contributed by atoms with Crippen LogP contribution in [-0.4, -0.2) is 11.6 Å². The van der Waals surface area contributed by atoms with E-state index in [0.29, 0.717) is 6.61 Å². The number of nitrogens with one attached hydrogen (secondary N) is 1. The Hall–Kier alpha value is -2.22. The summed E-state index contributed by atoms with van der Waals surface area (Å²) >= 11 is 0. The molecule has 0 atom stereocenters. The second-order valence-electron chi connectivity index (χ2n) is 4.57. The molecule has 0 aliphatic heterocycles. The predicted molar refractivity (Wildman–Crippen MR) is 78.7 cm³/mol. The van der Waals surface area contributed by atoms with E-state index < -0.39 is 0 Å². The van der Waals surface area contributed by atoms with E-state index in [1.165, 1.54) is 16.5 Å². The number of H-pyrrole nitrogens is 1. The molecule has 19 heavy (non-hydrogen) atoms. The van der Waals surface area contributed by atoms with E-state index in [4.69, 9.17) is 4.74 Å². The van der Waals surface area contributed by atoms with Crippen LogP contribution in [-0.2, 0) is 6.42 Å². The molecule has 0 saturated carbocycles. The van der Waals surface area contributed by atoms with Gasteiger partial charge in [-0.05, 0) is 18.6 Å². The van der Waals surface area contributed by atoms with Crippen LogP contribution >= 0.6 is 0 Å². The van der Waals surface area contributed by atoms with Crippen LogP contribution in [0.25, 0.3) is 10.9 Å². The molecule has 0 aliphatic carbocycles. The molecule has 0 fully saturated rings. The highest BCUT2D eigenvalue weighted by atomic mass is 16.5. The number of aromatic nitrogens is 1. The molecule has 0 radical (unpaired) electrons. The van der Waals surface area contributed by atoms with Crippen LogP contribution in [0.1, 0.15) is 18.1 Å². The first-order valence-electron chi connectivity index (χ1n) is 6.65. The number of fused-ring (bicyclic) bond motifs is 1. The van der Waals surface area contributed by atoms with Gasteiger partial charge in [-0.25, -0.2) is 0 Å². The zero-order valence-corrected chi connectivity index (χ0v) is 11.0. The lowest BCUT2D eigenvalue weighted by Gasteiger charge is -2.05. The van der Waals surface area contributed by atoms with E-state index in [1.54, 1.807) is 0 Å². The minimum Gasteiger partial charge on any atom is -0.479 e. The third kappa shape index (κ3) is 2.34. The first kappa shape index (κ1) is 11.8. The van der Waals surface area contributed by atoms with E-state index in [9.17, 15) is 0 Å². The van der Waals surface area contributed by atoms with Crippen LogP contribution in [0.2, 0.25) is 0 Å². The summed E-state index contributed by atoms with van der Waals surface area (Å²) in [5.74, 6) is 0.896. The van der Waals surface area contributed by atoms with Crippen LogP contribution in [0.3, 0.4) is 0 Å². The summed E-state index contributed by atoms with van der Waals surface area (Å²) in [4.78, 5) is 3.36. The predicted octanol–water partition coefficient (Wildman–Crippen LogP) is 4.16. The van der Waals surface area contributed by atoms with Crippen LogP contribution < -0.4 is 4.74 Å². The highest BCUT2D eigenvalue weighted by Crippen LogP contribution is 2.30. The average Bonchev–Trinajstić information content (AvgIpc) is 2.79. The average molecular weight is 251 g/mol. The molecule has 0 saturated heterocycles. The molecule has 1 aromatic heterocycles. The number of hydrogen-bond acceptors (Lipinski definition) is 1. The molecule has 3 rings (SSSR count). The topological polar surface area (TPSA) is 25.0 Å². The molecule has 96 valence electrons. The van der Waals surface area contributed by atoms with E-state index in [2.05, 4.69) is 47.4 Å². The second-order valence-corrected chi connectivity index (χ2v) is 4.57. The van der Waals surface area contributed by atoms with Gasteiger partial charge in [0.25, 0.3) is 0 Å². The Labute approximate surface area is 113 Å². The van der Waals surface area contributed by atoms with E-state index in [0.717, 1.165) is 17.8 Å². The van der Waals surface area contributed by atoms with Gasteiger partial charge in [-0.2, -0.15) is 0 Å². The molecule has 2 nitrogen and oxygen atoms in total. The summed E-state index contributed by atoms with van der Waals surface area (Å²) in [5.41, 5.74) is 3.67. The van der Waals surface area contributed by atoms with E-state index in [-0.39, 0.29) is 0 Å². The molecular weight excluding hydrogens is 234 g/mol. The van der Waals surface area contributed by atoms with Crippen molar-refractivity contribution in [1.29, 1.82) is 0 Å². The van der Waals surface area contributed by atoms with Crippen molar-refractivity contribution in [3.63, 3.8) is 0 Å². The van der Waals surface area contributed by atoms with Crippen LogP contribution in [0, 0.1) is 0 Å². The zero-order chi connectivity index (χ0) is 13.1. The lowest BCUT2D eigenvalue weighted by atomic mass is 10.0. The fourth-order valence-electron chi connectivity index (χ4n) is 2.42. The maximum atomic E-state index is 5.74. The summed E-state index contributed by atoms with van der Waals surface area (Å²) in [5, 5.41) is 1.25. The molecule has 2 heteroatoms. The van der Waals surface area contributed by atoms with Gasteiger partial charge in [-0.15, -0.1) is 0 Å². The Bertz CT molecular complexity index is 670. The number of benzene rings is 2. The van der Waals surface area contributed by atoms with E-state index in [1.807, 2.05) is 19.1 Å². The normalized spacial score (nSPS) is 10.8. The largest absolute Gasteiger partial charge is 0.479 e. The smallest absolute Gasteiger partial charge is 0.195 e. The molecule has 0 aliphatic rings. The minimum absolute atomic E-state index is 0.675. The maximum absolute atomic E-state index is 5.74. The number of ether oxygens (including phenoxy) is 1. The molecule has 3 aromatic rings. The molecule has 1 heterocycles. The summed E-state index contributed by atoms with van der Waals surface area (Å²) < 4.78 is 5.74. The van der Waals surface area contributed by atoms with Gasteiger partial charge in [0, 0.05) is 22.9 Å². The molecule has 0 amide bonds. The Morgan fingerprint density at radius 3 is 2.47 bits per heavy atom. The molecule has 0 bridgehead atoms. The highest BCUT2D eigenvalue weighted by Gasteiger charge is 2.12. The quantitative estimate of drug-likeness (QED) is 0.740. The first-order valence-corrected chi connectivity index (χ1v) is 6.65. The van der Waals surface area contributed by atoms with Crippen molar-refractivity contribution < 1.29 is 4.74 Å². The third-order valence-electron chi connectivity index (χ3n) is 3.29. The second kappa shape index (κ2) is 5.19. The summed E-state index contributed by atoms with van der Waals surface area (Å²) in [6.07, 6.45) is 0.889. The standard InChI is InChI=1S/C17H17NO/c1-2-19-17-15(12-13-8-4-3-5-9-13)14-10-6-7-11-16(14)18-17/h3-11,18H,2,12H2,1H3. The van der Waals surface area contributed by atoms with Crippen molar-refractivity contribution in [2.24, 2.45) is 0 Å². The molecule has 0 spiro atoms. The lowest BCUT2D eigenvalue weighted by molar-refractivity contribution is 0.326. The molecule has 2 aromatic carbocycles. The van der Waals surface area contributed by atoms with Gasteiger partial charge in [0.1, 0.15) is 0 Å². The summed E-state index contributed by atoms with van der Waals surface area (Å²) in [6, 6.07) is 18.8. The number of hydrogen-bond donors (Lipinski definition) is 1. The van der Waals surface area contributed by atoms with Gasteiger partial charge in [0.15, 0.2) is 5.88 Å². The van der Waals surface area contributed by atoms with Crippen molar-refractivity contribution in [1.82, 2.24) is 4.98 Å². The number of para-hydroxylation sites is 1.